The summed E-state index contributed by atoms with van der Waals surface area (Å²) < 4.78 is 25.7. The maximum Gasteiger partial charge on any atom is 0.357 e. The van der Waals surface area contributed by atoms with Crippen molar-refractivity contribution in [3.63, 3.8) is 0 Å². The van der Waals surface area contributed by atoms with Crippen molar-refractivity contribution < 1.29 is 23.8 Å². The molecule has 0 spiro atoms. The number of alkyl halides is 2. The van der Waals surface area contributed by atoms with Gasteiger partial charge in [0.25, 0.3) is 0 Å². The summed E-state index contributed by atoms with van der Waals surface area (Å²) in [6.45, 7) is 3.09. The third-order valence-corrected chi connectivity index (χ3v) is 2.22. The Hall–Kier alpha value is -0.550. The number of halogens is 2. The molecule has 5 heteroatoms. The minimum absolute atomic E-state index is 0.330. The number of carbonyl (C=O) groups excluding carboxylic acids is 1. The summed E-state index contributed by atoms with van der Waals surface area (Å²) in [5.41, 5.74) is -0.789. The summed E-state index contributed by atoms with van der Waals surface area (Å²) in [6.07, 6.45) is -0.832. The van der Waals surface area contributed by atoms with Gasteiger partial charge in [-0.2, -0.15) is 8.78 Å². The van der Waals surface area contributed by atoms with Crippen LogP contribution in [0.25, 0.3) is 0 Å². The van der Waals surface area contributed by atoms with Gasteiger partial charge < -0.3 is 10.2 Å². The fourth-order valence-corrected chi connectivity index (χ4v) is 1.61. The van der Waals surface area contributed by atoms with Crippen molar-refractivity contribution in [2.24, 2.45) is 5.41 Å². The highest BCUT2D eigenvalue weighted by atomic mass is 19.3. The Morgan fingerprint density at radius 3 is 2.15 bits per heavy atom. The number of rotatable bonds is 0. The van der Waals surface area contributed by atoms with E-state index in [0.29, 0.717) is 0 Å². The van der Waals surface area contributed by atoms with Crippen LogP contribution in [0.15, 0.2) is 0 Å². The molecule has 76 valence electrons. The first kappa shape index (κ1) is 10.5. The Kier molecular flexibility index (Phi) is 2.01. The first-order chi connectivity index (χ1) is 5.58. The molecule has 0 unspecified atom stereocenters. The summed E-state index contributed by atoms with van der Waals surface area (Å²) in [5.74, 6) is -8.65. The lowest BCUT2D eigenvalue weighted by molar-refractivity contribution is -0.304. The summed E-state index contributed by atoms with van der Waals surface area (Å²) in [5, 5.41) is 18.0. The van der Waals surface area contributed by atoms with Crippen LogP contribution < -0.4 is 0 Å². The first-order valence-corrected chi connectivity index (χ1v) is 3.94. The highest BCUT2D eigenvalue weighted by Crippen LogP contribution is 2.45. The van der Waals surface area contributed by atoms with Crippen LogP contribution in [0.2, 0.25) is 0 Å². The van der Waals surface area contributed by atoms with Gasteiger partial charge in [-0.1, -0.05) is 13.8 Å². The second-order valence-corrected chi connectivity index (χ2v) is 4.33. The molecule has 0 bridgehead atoms. The molecule has 0 amide bonds. The average molecular weight is 194 g/mol. The molecule has 0 aromatic heterocycles. The second kappa shape index (κ2) is 2.48. The summed E-state index contributed by atoms with van der Waals surface area (Å²) in [6, 6.07) is 0. The molecule has 2 N–H and O–H groups in total. The van der Waals surface area contributed by atoms with Crippen molar-refractivity contribution in [2.45, 2.75) is 38.4 Å². The zero-order valence-electron chi connectivity index (χ0n) is 7.47. The maximum absolute atomic E-state index is 12.9. The van der Waals surface area contributed by atoms with Crippen LogP contribution in [0.4, 0.5) is 8.78 Å². The molecule has 0 atom stereocenters. The Labute approximate surface area is 74.4 Å². The molecule has 1 aliphatic carbocycles. The number of hydrogen-bond donors (Lipinski definition) is 2. The van der Waals surface area contributed by atoms with Crippen LogP contribution in [0.1, 0.15) is 26.7 Å². The molecule has 13 heavy (non-hydrogen) atoms. The van der Waals surface area contributed by atoms with Gasteiger partial charge in [0, 0.05) is 12.8 Å². The van der Waals surface area contributed by atoms with Crippen molar-refractivity contribution in [3.05, 3.63) is 0 Å². The fourth-order valence-electron chi connectivity index (χ4n) is 1.61. The summed E-state index contributed by atoms with van der Waals surface area (Å²) in [7, 11) is 0. The lowest BCUT2D eigenvalue weighted by atomic mass is 9.72. The van der Waals surface area contributed by atoms with E-state index >= 15 is 0 Å². The minimum atomic E-state index is -4.04. The Morgan fingerprint density at radius 2 is 1.77 bits per heavy atom. The van der Waals surface area contributed by atoms with Crippen molar-refractivity contribution in [1.29, 1.82) is 0 Å². The molecular weight excluding hydrogens is 182 g/mol. The number of aliphatic hydroxyl groups is 2. The van der Waals surface area contributed by atoms with Crippen LogP contribution in [0, 0.1) is 5.41 Å². The van der Waals surface area contributed by atoms with Crippen LogP contribution in [-0.2, 0) is 4.79 Å². The van der Waals surface area contributed by atoms with E-state index in [1.54, 1.807) is 13.8 Å². The number of hydrogen-bond acceptors (Lipinski definition) is 3. The summed E-state index contributed by atoms with van der Waals surface area (Å²) in [4.78, 5) is 10.9. The average Bonchev–Trinajstić information content (AvgIpc) is 1.80. The van der Waals surface area contributed by atoms with E-state index in [1.807, 2.05) is 0 Å². The second-order valence-electron chi connectivity index (χ2n) is 4.33. The van der Waals surface area contributed by atoms with E-state index in [4.69, 9.17) is 10.2 Å². The minimum Gasteiger partial charge on any atom is -0.361 e. The first-order valence-electron chi connectivity index (χ1n) is 3.94. The molecule has 3 nitrogen and oxygen atoms in total. The Balaban J connectivity index is 3.03. The zero-order chi connectivity index (χ0) is 10.5. The molecule has 0 aliphatic heterocycles. The van der Waals surface area contributed by atoms with E-state index in [2.05, 4.69) is 0 Å². The molecule has 1 saturated carbocycles. The van der Waals surface area contributed by atoms with E-state index in [-0.39, 0.29) is 6.42 Å². The predicted molar refractivity (Wildman–Crippen MR) is 40.1 cm³/mol. The van der Waals surface area contributed by atoms with E-state index in [0.717, 1.165) is 0 Å². The van der Waals surface area contributed by atoms with Gasteiger partial charge >= 0.3 is 5.92 Å². The van der Waals surface area contributed by atoms with E-state index in [9.17, 15) is 13.6 Å². The van der Waals surface area contributed by atoms with E-state index < -0.39 is 29.3 Å². The number of ketones is 1. The standard InChI is InChI=1S/C8H12F2O3/c1-6(2)3-5(11)8(9,10)7(12,13)4-6/h12-13H,3-4H2,1-2H3. The van der Waals surface area contributed by atoms with Gasteiger partial charge in [0.05, 0.1) is 0 Å². The maximum atomic E-state index is 12.9. The molecule has 1 aliphatic rings. The van der Waals surface area contributed by atoms with Gasteiger partial charge in [-0.3, -0.25) is 4.79 Å². The quantitative estimate of drug-likeness (QED) is 0.558. The SMILES string of the molecule is CC1(C)CC(=O)C(F)(F)C(O)(O)C1. The Morgan fingerprint density at radius 1 is 1.31 bits per heavy atom. The van der Waals surface area contributed by atoms with Gasteiger partial charge in [-0.05, 0) is 5.41 Å². The van der Waals surface area contributed by atoms with Crippen LogP contribution in [0.5, 0.6) is 0 Å². The Bertz CT molecular complexity index is 246. The molecule has 0 radical (unpaired) electrons. The molecule has 0 saturated heterocycles. The van der Waals surface area contributed by atoms with Gasteiger partial charge in [0.2, 0.25) is 11.6 Å². The number of Topliss-reactive ketones (excluding diaryl/α,β-unsaturated/α-hetero) is 1. The van der Waals surface area contributed by atoms with Gasteiger partial charge in [0.1, 0.15) is 0 Å². The molecule has 0 heterocycles. The smallest absolute Gasteiger partial charge is 0.357 e. The van der Waals surface area contributed by atoms with Crippen LogP contribution in [-0.4, -0.2) is 27.7 Å². The van der Waals surface area contributed by atoms with Crippen molar-refractivity contribution in [1.82, 2.24) is 0 Å². The van der Waals surface area contributed by atoms with Gasteiger partial charge in [0.15, 0.2) is 0 Å². The molecular formula is C8H12F2O3. The zero-order valence-corrected chi connectivity index (χ0v) is 7.47. The largest absolute Gasteiger partial charge is 0.361 e. The third kappa shape index (κ3) is 1.58. The van der Waals surface area contributed by atoms with Crippen molar-refractivity contribution in [3.8, 4) is 0 Å². The molecule has 0 aromatic carbocycles. The van der Waals surface area contributed by atoms with Crippen molar-refractivity contribution in [2.75, 3.05) is 0 Å². The molecule has 1 fully saturated rings. The lowest BCUT2D eigenvalue weighted by Gasteiger charge is -2.41. The fraction of sp³-hybridized carbons (Fsp3) is 0.875. The predicted octanol–water partition coefficient (Wildman–Crippen LogP) is 0.692. The highest BCUT2D eigenvalue weighted by molar-refractivity contribution is 5.88. The summed E-state index contributed by atoms with van der Waals surface area (Å²) >= 11 is 0. The highest BCUT2D eigenvalue weighted by Gasteiger charge is 2.63. The van der Waals surface area contributed by atoms with Crippen molar-refractivity contribution >= 4 is 5.78 Å². The molecule has 0 aromatic rings. The van der Waals surface area contributed by atoms with Gasteiger partial charge in [-0.25, -0.2) is 0 Å². The molecule has 1 rings (SSSR count). The topological polar surface area (TPSA) is 57.5 Å². The number of carbonyl (C=O) groups is 1. The normalized spacial score (nSPS) is 30.2. The monoisotopic (exact) mass is 194 g/mol. The van der Waals surface area contributed by atoms with Gasteiger partial charge in [-0.15, -0.1) is 0 Å². The third-order valence-electron chi connectivity index (χ3n) is 2.22. The van der Waals surface area contributed by atoms with Crippen LogP contribution >= 0.6 is 0 Å². The lowest BCUT2D eigenvalue weighted by Crippen LogP contribution is -2.59. The van der Waals surface area contributed by atoms with Crippen LogP contribution in [0.3, 0.4) is 0 Å². The van der Waals surface area contributed by atoms with E-state index in [1.165, 1.54) is 0 Å².